The average molecular weight is 453 g/mol. The Balaban J connectivity index is 1.56. The molecule has 2 saturated heterocycles. The molecule has 0 bridgehead atoms. The van der Waals surface area contributed by atoms with Gasteiger partial charge in [0, 0.05) is 11.1 Å². The van der Waals surface area contributed by atoms with Crippen LogP contribution in [-0.2, 0) is 14.3 Å². The molecule has 7 nitrogen and oxygen atoms in total. The van der Waals surface area contributed by atoms with Crippen LogP contribution in [0.3, 0.4) is 0 Å². The molecule has 2 aliphatic heterocycles. The lowest BCUT2D eigenvalue weighted by atomic mass is 9.77. The maximum Gasteiger partial charge on any atom is 0.241 e. The van der Waals surface area contributed by atoms with Crippen molar-refractivity contribution in [3.63, 3.8) is 0 Å². The first-order valence-electron chi connectivity index (χ1n) is 10.9. The van der Waals surface area contributed by atoms with Gasteiger partial charge in [-0.3, -0.25) is 19.2 Å². The molecule has 0 N–H and O–H groups in total. The van der Waals surface area contributed by atoms with Crippen LogP contribution in [-0.4, -0.2) is 36.1 Å². The third-order valence-corrected chi connectivity index (χ3v) is 6.97. The molecule has 3 aliphatic rings. The lowest BCUT2D eigenvalue weighted by Gasteiger charge is -2.27. The number of amides is 2. The van der Waals surface area contributed by atoms with Crippen molar-refractivity contribution in [2.75, 3.05) is 12.0 Å². The third-order valence-electron chi connectivity index (χ3n) is 6.97. The monoisotopic (exact) mass is 453 g/mol. The van der Waals surface area contributed by atoms with Crippen LogP contribution in [0.15, 0.2) is 78.9 Å². The number of fused-ring (bicyclic) bond motifs is 3. The summed E-state index contributed by atoms with van der Waals surface area (Å²) in [7, 11) is 1.45. The Labute approximate surface area is 194 Å². The van der Waals surface area contributed by atoms with Crippen LogP contribution in [0.25, 0.3) is 0 Å². The highest BCUT2D eigenvalue weighted by Gasteiger charge is 2.74. The molecule has 168 valence electrons. The van der Waals surface area contributed by atoms with Crippen molar-refractivity contribution >= 4 is 29.1 Å². The minimum atomic E-state index is -2.08. The normalized spacial score (nSPS) is 24.6. The first kappa shape index (κ1) is 20.5. The molecule has 0 aromatic heterocycles. The molecule has 34 heavy (non-hydrogen) atoms. The highest BCUT2D eigenvalue weighted by atomic mass is 16.5. The molecule has 3 aromatic rings. The summed E-state index contributed by atoms with van der Waals surface area (Å²) in [6, 6.07) is 22.0. The van der Waals surface area contributed by atoms with E-state index >= 15 is 0 Å². The molecule has 0 radical (unpaired) electrons. The van der Waals surface area contributed by atoms with E-state index in [4.69, 9.17) is 9.47 Å². The number of methoxy groups -OCH3 is 1. The van der Waals surface area contributed by atoms with Gasteiger partial charge in [0.05, 0.1) is 30.7 Å². The van der Waals surface area contributed by atoms with Crippen LogP contribution in [0.5, 0.6) is 5.75 Å². The fourth-order valence-corrected chi connectivity index (χ4v) is 5.51. The molecular formula is C27H19NO6. The molecule has 7 heteroatoms. The molecule has 3 atom stereocenters. The number of rotatable bonds is 3. The summed E-state index contributed by atoms with van der Waals surface area (Å²) in [6.45, 7) is 0. The fraction of sp³-hybridized carbons (Fsp3) is 0.185. The van der Waals surface area contributed by atoms with Gasteiger partial charge in [0.1, 0.15) is 5.75 Å². The van der Waals surface area contributed by atoms with Crippen LogP contribution in [0.2, 0.25) is 0 Å². The maximum absolute atomic E-state index is 13.9. The molecule has 1 aliphatic carbocycles. The highest BCUT2D eigenvalue weighted by Crippen LogP contribution is 2.58. The third kappa shape index (κ3) is 2.44. The number of benzene rings is 3. The number of nitrogens with zero attached hydrogens (tertiary/aromatic N) is 1. The van der Waals surface area contributed by atoms with Crippen molar-refractivity contribution in [1.29, 1.82) is 0 Å². The number of anilines is 1. The molecular weight excluding hydrogens is 434 g/mol. The lowest BCUT2D eigenvalue weighted by Crippen LogP contribution is -2.51. The van der Waals surface area contributed by atoms with Gasteiger partial charge in [0.2, 0.25) is 29.0 Å². The van der Waals surface area contributed by atoms with Gasteiger partial charge in [-0.2, -0.15) is 0 Å². The molecule has 0 saturated carbocycles. The maximum atomic E-state index is 13.9. The number of carbonyl (C=O) groups is 4. The summed E-state index contributed by atoms with van der Waals surface area (Å²) < 4.78 is 11.6. The van der Waals surface area contributed by atoms with Gasteiger partial charge in [-0.1, -0.05) is 66.7 Å². The Hall–Kier alpha value is -4.10. The second-order valence-electron chi connectivity index (χ2n) is 8.58. The summed E-state index contributed by atoms with van der Waals surface area (Å²) in [4.78, 5) is 56.2. The predicted molar refractivity (Wildman–Crippen MR) is 121 cm³/mol. The van der Waals surface area contributed by atoms with Gasteiger partial charge < -0.3 is 9.47 Å². The topological polar surface area (TPSA) is 90.0 Å². The number of hydrogen-bond acceptors (Lipinski definition) is 6. The standard InChI is InChI=1S/C27H19NO6/c1-33-19-14-8-7-13-18(19)28-25(31)20-21(26(28)32)27(34-22(20)15-9-3-2-4-10-15)23(29)16-11-5-6-12-17(16)24(27)30/h2-14,20-22H,1H3/t20-,21+,22-/m0/s1. The van der Waals surface area contributed by atoms with E-state index in [2.05, 4.69) is 0 Å². The van der Waals surface area contributed by atoms with Crippen molar-refractivity contribution in [3.8, 4) is 5.75 Å². The predicted octanol–water partition coefficient (Wildman–Crippen LogP) is 3.39. The summed E-state index contributed by atoms with van der Waals surface area (Å²) >= 11 is 0. The Morgan fingerprint density at radius 3 is 2.00 bits per heavy atom. The van der Waals surface area contributed by atoms with E-state index in [9.17, 15) is 19.2 Å². The minimum absolute atomic E-state index is 0.205. The van der Waals surface area contributed by atoms with Crippen LogP contribution in [0.1, 0.15) is 32.4 Å². The van der Waals surface area contributed by atoms with Crippen molar-refractivity contribution in [2.45, 2.75) is 11.7 Å². The fourth-order valence-electron chi connectivity index (χ4n) is 5.51. The second-order valence-corrected chi connectivity index (χ2v) is 8.58. The van der Waals surface area contributed by atoms with Gasteiger partial charge >= 0.3 is 0 Å². The van der Waals surface area contributed by atoms with E-state index in [1.54, 1.807) is 72.8 Å². The Morgan fingerprint density at radius 2 is 1.35 bits per heavy atom. The average Bonchev–Trinajstić information content (AvgIpc) is 3.44. The van der Waals surface area contributed by atoms with Gasteiger partial charge in [-0.05, 0) is 17.7 Å². The Kier molecular flexibility index (Phi) is 4.34. The second kappa shape index (κ2) is 7.20. The van der Waals surface area contributed by atoms with E-state index in [0.29, 0.717) is 11.3 Å². The van der Waals surface area contributed by atoms with Crippen molar-refractivity contribution in [3.05, 3.63) is 95.6 Å². The Bertz CT molecular complexity index is 1350. The van der Waals surface area contributed by atoms with Crippen LogP contribution in [0.4, 0.5) is 5.69 Å². The number of carbonyl (C=O) groups excluding carboxylic acids is 4. The zero-order valence-corrected chi connectivity index (χ0v) is 18.1. The van der Waals surface area contributed by atoms with Crippen LogP contribution >= 0.6 is 0 Å². The van der Waals surface area contributed by atoms with E-state index in [-0.39, 0.29) is 16.8 Å². The number of Topliss-reactive ketones (excluding diaryl/α,β-unsaturated/α-hetero) is 2. The molecule has 2 amide bonds. The minimum Gasteiger partial charge on any atom is -0.495 e. The molecule has 1 spiro atoms. The highest BCUT2D eigenvalue weighted by molar-refractivity contribution is 6.37. The van der Waals surface area contributed by atoms with Crippen molar-refractivity contribution in [1.82, 2.24) is 0 Å². The molecule has 2 heterocycles. The largest absolute Gasteiger partial charge is 0.495 e. The summed E-state index contributed by atoms with van der Waals surface area (Å²) in [5.41, 5.74) is -0.786. The van der Waals surface area contributed by atoms with Crippen molar-refractivity contribution < 1.29 is 28.7 Å². The van der Waals surface area contributed by atoms with E-state index < -0.39 is 46.9 Å². The summed E-state index contributed by atoms with van der Waals surface area (Å²) in [5.74, 6) is -4.32. The molecule has 0 unspecified atom stereocenters. The van der Waals surface area contributed by atoms with Gasteiger partial charge in [-0.25, -0.2) is 4.90 Å². The number of imide groups is 1. The molecule has 6 rings (SSSR count). The van der Waals surface area contributed by atoms with Gasteiger partial charge in [0.15, 0.2) is 0 Å². The summed E-state index contributed by atoms with van der Waals surface area (Å²) in [5, 5.41) is 0. The summed E-state index contributed by atoms with van der Waals surface area (Å²) in [6.07, 6.45) is -0.940. The SMILES string of the molecule is COc1ccccc1N1C(=O)[C@@H]2[C@H](c3ccccc3)OC3(C(=O)c4ccccc4C3=O)[C@H]2C1=O. The smallest absolute Gasteiger partial charge is 0.241 e. The number of ether oxygens (including phenoxy) is 2. The van der Waals surface area contributed by atoms with E-state index in [1.165, 1.54) is 7.11 Å². The van der Waals surface area contributed by atoms with Gasteiger partial charge in [-0.15, -0.1) is 0 Å². The zero-order valence-electron chi connectivity index (χ0n) is 18.1. The molecule has 3 aromatic carbocycles. The number of para-hydroxylation sites is 2. The number of hydrogen-bond donors (Lipinski definition) is 0. The number of ketones is 2. The van der Waals surface area contributed by atoms with Crippen LogP contribution in [0, 0.1) is 11.8 Å². The first-order valence-corrected chi connectivity index (χ1v) is 10.9. The van der Waals surface area contributed by atoms with E-state index in [1.807, 2.05) is 6.07 Å². The molecule has 2 fully saturated rings. The Morgan fingerprint density at radius 1 is 0.765 bits per heavy atom. The van der Waals surface area contributed by atoms with Crippen LogP contribution < -0.4 is 9.64 Å². The van der Waals surface area contributed by atoms with Crippen molar-refractivity contribution in [2.24, 2.45) is 11.8 Å². The first-order chi connectivity index (χ1) is 16.5. The zero-order chi connectivity index (χ0) is 23.6. The van der Waals surface area contributed by atoms with Gasteiger partial charge in [0.25, 0.3) is 0 Å². The lowest BCUT2D eigenvalue weighted by molar-refractivity contribution is -0.127. The van der Waals surface area contributed by atoms with E-state index in [0.717, 1.165) is 4.90 Å². The quantitative estimate of drug-likeness (QED) is 0.446.